The molecular formula is C10H25ClO7P2Si. The zero-order valence-electron chi connectivity index (χ0n) is 12.9. The Kier molecular flexibility index (Phi) is 6.96. The Balaban J connectivity index is 6.05. The van der Waals surface area contributed by atoms with Gasteiger partial charge in [-0.05, 0) is 24.6 Å². The van der Waals surface area contributed by atoms with Gasteiger partial charge in [0.05, 0.1) is 0 Å². The van der Waals surface area contributed by atoms with Crippen molar-refractivity contribution in [3.05, 3.63) is 0 Å². The molecule has 0 amide bonds. The van der Waals surface area contributed by atoms with E-state index in [1.54, 1.807) is 13.1 Å². The monoisotopic (exact) mass is 382 g/mol. The maximum atomic E-state index is 11.9. The summed E-state index contributed by atoms with van der Waals surface area (Å²) in [5.41, 5.74) is 0. The molecule has 0 saturated heterocycles. The molecule has 0 aliphatic carbocycles. The average Bonchev–Trinajstić information content (AvgIpc) is 2.18. The van der Waals surface area contributed by atoms with Crippen LogP contribution >= 0.6 is 26.8 Å². The van der Waals surface area contributed by atoms with Crippen molar-refractivity contribution in [2.75, 3.05) is 5.88 Å². The highest BCUT2D eigenvalue weighted by atomic mass is 35.5. The van der Waals surface area contributed by atoms with E-state index in [2.05, 4.69) is 0 Å². The summed E-state index contributed by atoms with van der Waals surface area (Å²) >= 11 is 5.52. The SMILES string of the molecule is CC(C)(C)[Si](C)(C)OC(CCCCl)(P(=O)(O)O)P(=O)(O)O. The molecule has 0 bridgehead atoms. The minimum absolute atomic E-state index is 0.0165. The molecule has 0 spiro atoms. The molecule has 0 aromatic heterocycles. The van der Waals surface area contributed by atoms with Crippen LogP contribution in [0.25, 0.3) is 0 Å². The second kappa shape index (κ2) is 6.71. The summed E-state index contributed by atoms with van der Waals surface area (Å²) in [5, 5.41) is -3.29. The predicted molar refractivity (Wildman–Crippen MR) is 85.1 cm³/mol. The molecule has 0 fully saturated rings. The predicted octanol–water partition coefficient (Wildman–Crippen LogP) is 3.04. The number of alkyl halides is 1. The van der Waals surface area contributed by atoms with Crippen LogP contribution in [-0.4, -0.2) is 38.9 Å². The van der Waals surface area contributed by atoms with Crippen LogP contribution in [0.1, 0.15) is 33.6 Å². The van der Waals surface area contributed by atoms with Gasteiger partial charge in [0.2, 0.25) is 0 Å². The highest BCUT2D eigenvalue weighted by Crippen LogP contribution is 2.72. The topological polar surface area (TPSA) is 124 Å². The van der Waals surface area contributed by atoms with Gasteiger partial charge < -0.3 is 24.0 Å². The minimum atomic E-state index is -5.23. The molecule has 0 aromatic rings. The third-order valence-corrected chi connectivity index (χ3v) is 12.9. The Morgan fingerprint density at radius 3 is 1.67 bits per heavy atom. The van der Waals surface area contributed by atoms with Crippen molar-refractivity contribution in [3.8, 4) is 0 Å². The fraction of sp³-hybridized carbons (Fsp3) is 1.00. The molecule has 128 valence electrons. The van der Waals surface area contributed by atoms with Gasteiger partial charge in [0, 0.05) is 12.3 Å². The van der Waals surface area contributed by atoms with Gasteiger partial charge in [0.25, 0.3) is 5.08 Å². The summed E-state index contributed by atoms with van der Waals surface area (Å²) < 4.78 is 29.3. The summed E-state index contributed by atoms with van der Waals surface area (Å²) in [6.45, 7) is 8.78. The molecule has 0 rings (SSSR count). The number of rotatable bonds is 7. The Hall–Kier alpha value is 0.767. The van der Waals surface area contributed by atoms with Crippen LogP contribution in [0.5, 0.6) is 0 Å². The molecule has 4 N–H and O–H groups in total. The van der Waals surface area contributed by atoms with Crippen molar-refractivity contribution in [1.29, 1.82) is 0 Å². The van der Waals surface area contributed by atoms with Gasteiger partial charge in [-0.2, -0.15) is 0 Å². The van der Waals surface area contributed by atoms with Crippen LogP contribution < -0.4 is 0 Å². The maximum Gasteiger partial charge on any atom is 0.368 e. The van der Waals surface area contributed by atoms with Crippen LogP contribution in [0.4, 0.5) is 0 Å². The van der Waals surface area contributed by atoms with Crippen molar-refractivity contribution in [2.45, 2.75) is 56.8 Å². The highest BCUT2D eigenvalue weighted by molar-refractivity contribution is 7.72. The third-order valence-electron chi connectivity index (χ3n) is 3.77. The van der Waals surface area contributed by atoms with E-state index in [1.807, 2.05) is 20.8 Å². The van der Waals surface area contributed by atoms with E-state index in [0.717, 1.165) is 0 Å². The first-order valence-corrected chi connectivity index (χ1v) is 13.1. The number of hydrogen-bond donors (Lipinski definition) is 4. The van der Waals surface area contributed by atoms with E-state index in [-0.39, 0.29) is 12.3 Å². The minimum Gasteiger partial charge on any atom is -0.392 e. The molecule has 0 atom stereocenters. The van der Waals surface area contributed by atoms with E-state index in [0.29, 0.717) is 0 Å². The van der Waals surface area contributed by atoms with E-state index in [4.69, 9.17) is 16.0 Å². The summed E-state index contributed by atoms with van der Waals surface area (Å²) in [4.78, 5) is 38.4. The largest absolute Gasteiger partial charge is 0.392 e. The molecule has 0 heterocycles. The Morgan fingerprint density at radius 2 is 1.43 bits per heavy atom. The van der Waals surface area contributed by atoms with Crippen LogP contribution in [-0.2, 0) is 13.6 Å². The van der Waals surface area contributed by atoms with Crippen LogP contribution in [0.15, 0.2) is 0 Å². The quantitative estimate of drug-likeness (QED) is 0.303. The van der Waals surface area contributed by atoms with Crippen molar-refractivity contribution in [2.24, 2.45) is 0 Å². The molecule has 11 heteroatoms. The van der Waals surface area contributed by atoms with E-state index >= 15 is 0 Å². The van der Waals surface area contributed by atoms with Crippen molar-refractivity contribution in [3.63, 3.8) is 0 Å². The van der Waals surface area contributed by atoms with E-state index in [9.17, 15) is 28.7 Å². The van der Waals surface area contributed by atoms with Crippen LogP contribution in [0.3, 0.4) is 0 Å². The molecule has 7 nitrogen and oxygen atoms in total. The Bertz CT molecular complexity index is 429. The van der Waals surface area contributed by atoms with Gasteiger partial charge in [-0.3, -0.25) is 9.13 Å². The third kappa shape index (κ3) is 4.87. The van der Waals surface area contributed by atoms with Crippen molar-refractivity contribution < 1.29 is 33.1 Å². The Labute approximate surface area is 131 Å². The Morgan fingerprint density at radius 1 is 1.05 bits per heavy atom. The van der Waals surface area contributed by atoms with Gasteiger partial charge in [-0.1, -0.05) is 20.8 Å². The summed E-state index contributed by atoms with van der Waals surface area (Å²) in [7, 11) is -13.3. The first kappa shape index (κ1) is 21.8. The van der Waals surface area contributed by atoms with E-state index < -0.39 is 40.1 Å². The standard InChI is InChI=1S/C10H25ClO7P2Si/c1-9(2,3)21(4,5)18-10(7-6-8-11,19(12,13)14)20(15,16)17/h6-8H2,1-5H3,(H2,12,13,14)(H2,15,16,17). The zero-order valence-corrected chi connectivity index (χ0v) is 16.5. The molecule has 21 heavy (non-hydrogen) atoms. The lowest BCUT2D eigenvalue weighted by molar-refractivity contribution is 0.129. The molecular weight excluding hydrogens is 358 g/mol. The van der Waals surface area contributed by atoms with Crippen LogP contribution in [0.2, 0.25) is 18.1 Å². The maximum absolute atomic E-state index is 11.9. The summed E-state index contributed by atoms with van der Waals surface area (Å²) in [6.07, 6.45) is -0.482. The second-order valence-electron chi connectivity index (χ2n) is 6.49. The van der Waals surface area contributed by atoms with E-state index in [1.165, 1.54) is 0 Å². The van der Waals surface area contributed by atoms with Gasteiger partial charge in [0.1, 0.15) is 0 Å². The highest BCUT2D eigenvalue weighted by Gasteiger charge is 2.64. The lowest BCUT2D eigenvalue weighted by Gasteiger charge is -2.45. The normalized spacial score (nSPS) is 15.3. The van der Waals surface area contributed by atoms with Gasteiger partial charge in [0.15, 0.2) is 8.32 Å². The van der Waals surface area contributed by atoms with Crippen molar-refractivity contribution in [1.82, 2.24) is 0 Å². The summed E-state index contributed by atoms with van der Waals surface area (Å²) in [6, 6.07) is 0. The molecule has 0 saturated carbocycles. The second-order valence-corrected chi connectivity index (χ2v) is 15.6. The van der Waals surface area contributed by atoms with Gasteiger partial charge in [-0.15, -0.1) is 11.6 Å². The first-order valence-electron chi connectivity index (χ1n) is 6.39. The number of hydrogen-bond acceptors (Lipinski definition) is 3. The molecule has 0 aliphatic rings. The molecule has 0 aliphatic heterocycles. The number of halogens is 1. The molecule has 0 unspecified atom stereocenters. The fourth-order valence-corrected chi connectivity index (χ4v) is 7.43. The lowest BCUT2D eigenvalue weighted by Crippen LogP contribution is -2.49. The summed E-state index contributed by atoms with van der Waals surface area (Å²) in [5.74, 6) is 0.0165. The van der Waals surface area contributed by atoms with Gasteiger partial charge in [-0.25, -0.2) is 0 Å². The zero-order chi connectivity index (χ0) is 17.3. The first-order chi connectivity index (χ1) is 9.02. The van der Waals surface area contributed by atoms with Gasteiger partial charge >= 0.3 is 15.2 Å². The lowest BCUT2D eigenvalue weighted by atomic mass is 10.2. The molecule has 0 aromatic carbocycles. The fourth-order valence-electron chi connectivity index (χ4n) is 1.49. The molecule has 0 radical (unpaired) electrons. The smallest absolute Gasteiger partial charge is 0.368 e. The van der Waals surface area contributed by atoms with Crippen molar-refractivity contribution >= 4 is 35.1 Å². The van der Waals surface area contributed by atoms with Crippen LogP contribution in [0, 0.1) is 0 Å². The average molecular weight is 383 g/mol.